The van der Waals surface area contributed by atoms with E-state index in [4.69, 9.17) is 17.3 Å². The minimum Gasteiger partial charge on any atom is -0.327 e. The van der Waals surface area contributed by atoms with Crippen molar-refractivity contribution in [3.63, 3.8) is 0 Å². The van der Waals surface area contributed by atoms with Gasteiger partial charge in [0, 0.05) is 11.1 Å². The molecule has 0 saturated heterocycles. The number of benzene rings is 1. The molecule has 1 atom stereocenters. The molecule has 0 spiro atoms. The van der Waals surface area contributed by atoms with Crippen LogP contribution in [0.5, 0.6) is 0 Å². The fraction of sp³-hybridized carbons (Fsp3) is 0.286. The molecule has 0 fully saturated rings. The lowest BCUT2D eigenvalue weighted by molar-refractivity contribution is 0.666. The first-order chi connectivity index (χ1) is 8.15. The van der Waals surface area contributed by atoms with Crippen molar-refractivity contribution >= 4 is 22.9 Å². The molecular weight excluding hydrogens is 250 g/mol. The number of aryl methyl sites for hydroxylation is 1. The van der Waals surface area contributed by atoms with E-state index in [1.165, 1.54) is 11.1 Å². The summed E-state index contributed by atoms with van der Waals surface area (Å²) < 4.78 is 0. The first-order valence-electron chi connectivity index (χ1n) is 5.67. The third-order valence-electron chi connectivity index (χ3n) is 2.77. The average Bonchev–Trinajstić information content (AvgIpc) is 2.75. The van der Waals surface area contributed by atoms with E-state index in [9.17, 15) is 0 Å². The minimum absolute atomic E-state index is 0.129. The molecule has 0 saturated carbocycles. The van der Waals surface area contributed by atoms with Crippen LogP contribution in [-0.4, -0.2) is 6.04 Å². The smallest absolute Gasteiger partial charge is 0.0441 e. The first-order valence-corrected chi connectivity index (χ1v) is 6.99. The van der Waals surface area contributed by atoms with Crippen LogP contribution in [0.4, 0.5) is 0 Å². The van der Waals surface area contributed by atoms with E-state index in [0.29, 0.717) is 0 Å². The highest BCUT2D eigenvalue weighted by Crippen LogP contribution is 2.20. The highest BCUT2D eigenvalue weighted by atomic mass is 35.5. The van der Waals surface area contributed by atoms with Crippen LogP contribution >= 0.6 is 22.9 Å². The topological polar surface area (TPSA) is 26.0 Å². The van der Waals surface area contributed by atoms with Crippen molar-refractivity contribution in [3.05, 3.63) is 56.7 Å². The maximum atomic E-state index is 6.20. The molecule has 1 nitrogen and oxygen atoms in total. The molecule has 1 aromatic carbocycles. The lowest BCUT2D eigenvalue weighted by atomic mass is 10.0. The van der Waals surface area contributed by atoms with Crippen molar-refractivity contribution in [3.8, 4) is 0 Å². The molecule has 0 aliphatic carbocycles. The molecule has 1 aromatic heterocycles. The Morgan fingerprint density at radius 3 is 2.76 bits per heavy atom. The third-order valence-corrected chi connectivity index (χ3v) is 3.85. The lowest BCUT2D eigenvalue weighted by Crippen LogP contribution is -2.25. The van der Waals surface area contributed by atoms with Gasteiger partial charge in [-0.05, 0) is 59.3 Å². The molecule has 0 radical (unpaired) electrons. The summed E-state index contributed by atoms with van der Waals surface area (Å²) in [5.41, 5.74) is 9.78. The molecule has 0 aliphatic rings. The summed E-state index contributed by atoms with van der Waals surface area (Å²) in [4.78, 5) is 0. The number of nitrogens with two attached hydrogens (primary N) is 1. The van der Waals surface area contributed by atoms with Gasteiger partial charge in [0.15, 0.2) is 0 Å². The van der Waals surface area contributed by atoms with Gasteiger partial charge in [-0.15, -0.1) is 0 Å². The van der Waals surface area contributed by atoms with Crippen LogP contribution < -0.4 is 5.73 Å². The van der Waals surface area contributed by atoms with Gasteiger partial charge < -0.3 is 5.73 Å². The highest BCUT2D eigenvalue weighted by molar-refractivity contribution is 7.07. The van der Waals surface area contributed by atoms with E-state index in [1.54, 1.807) is 11.3 Å². The van der Waals surface area contributed by atoms with Crippen LogP contribution in [0.25, 0.3) is 0 Å². The van der Waals surface area contributed by atoms with Crippen molar-refractivity contribution in [2.75, 3.05) is 0 Å². The van der Waals surface area contributed by atoms with Crippen LogP contribution in [0.3, 0.4) is 0 Å². The Hall–Kier alpha value is -0.830. The van der Waals surface area contributed by atoms with E-state index in [1.807, 2.05) is 13.0 Å². The Labute approximate surface area is 111 Å². The molecule has 0 aliphatic heterocycles. The zero-order valence-corrected chi connectivity index (χ0v) is 11.4. The maximum Gasteiger partial charge on any atom is 0.0441 e. The fourth-order valence-corrected chi connectivity index (χ4v) is 2.88. The second-order valence-corrected chi connectivity index (χ2v) is 5.58. The van der Waals surface area contributed by atoms with Crippen molar-refractivity contribution in [1.29, 1.82) is 0 Å². The van der Waals surface area contributed by atoms with E-state index in [0.717, 1.165) is 23.4 Å². The Bertz CT molecular complexity index is 479. The number of hydrogen-bond donors (Lipinski definition) is 1. The Balaban J connectivity index is 2.00. The van der Waals surface area contributed by atoms with E-state index >= 15 is 0 Å². The molecular formula is C14H16ClNS. The van der Waals surface area contributed by atoms with E-state index in [2.05, 4.69) is 29.0 Å². The van der Waals surface area contributed by atoms with Gasteiger partial charge in [-0.3, -0.25) is 0 Å². The van der Waals surface area contributed by atoms with Crippen LogP contribution in [0.2, 0.25) is 5.02 Å². The molecule has 2 rings (SSSR count). The number of hydrogen-bond acceptors (Lipinski definition) is 2. The number of rotatable bonds is 4. The van der Waals surface area contributed by atoms with Crippen molar-refractivity contribution in [2.24, 2.45) is 5.73 Å². The second kappa shape index (κ2) is 5.67. The average molecular weight is 266 g/mol. The van der Waals surface area contributed by atoms with Crippen molar-refractivity contribution in [2.45, 2.75) is 25.8 Å². The predicted molar refractivity (Wildman–Crippen MR) is 75.9 cm³/mol. The number of thiophene rings is 1. The second-order valence-electron chi connectivity index (χ2n) is 4.39. The fourth-order valence-electron chi connectivity index (χ4n) is 1.88. The summed E-state index contributed by atoms with van der Waals surface area (Å²) >= 11 is 7.91. The standard InChI is InChI=1S/C14H16ClNS/c1-10-2-3-12(14(15)6-10)8-13(16)7-11-4-5-17-9-11/h2-6,9,13H,7-8,16H2,1H3. The predicted octanol–water partition coefficient (Wildman–Crippen LogP) is 3.82. The first kappa shape index (κ1) is 12.6. The molecule has 90 valence electrons. The van der Waals surface area contributed by atoms with Gasteiger partial charge in [0.1, 0.15) is 0 Å². The molecule has 1 heterocycles. The van der Waals surface area contributed by atoms with Crippen LogP contribution in [0, 0.1) is 6.92 Å². The van der Waals surface area contributed by atoms with E-state index < -0.39 is 0 Å². The van der Waals surface area contributed by atoms with Crippen molar-refractivity contribution < 1.29 is 0 Å². The molecule has 0 amide bonds. The molecule has 2 aromatic rings. The van der Waals surface area contributed by atoms with Crippen LogP contribution in [0.1, 0.15) is 16.7 Å². The Morgan fingerprint density at radius 1 is 1.29 bits per heavy atom. The summed E-state index contributed by atoms with van der Waals surface area (Å²) in [5, 5.41) is 5.06. The van der Waals surface area contributed by atoms with Gasteiger partial charge in [-0.25, -0.2) is 0 Å². The summed E-state index contributed by atoms with van der Waals surface area (Å²) in [7, 11) is 0. The van der Waals surface area contributed by atoms with Gasteiger partial charge in [-0.1, -0.05) is 23.7 Å². The zero-order valence-electron chi connectivity index (χ0n) is 9.82. The van der Waals surface area contributed by atoms with Gasteiger partial charge in [-0.2, -0.15) is 11.3 Å². The monoisotopic (exact) mass is 265 g/mol. The molecule has 2 N–H and O–H groups in total. The summed E-state index contributed by atoms with van der Waals surface area (Å²) in [6.45, 7) is 2.04. The summed E-state index contributed by atoms with van der Waals surface area (Å²) in [5.74, 6) is 0. The SMILES string of the molecule is Cc1ccc(CC(N)Cc2ccsc2)c(Cl)c1. The molecule has 1 unspecified atom stereocenters. The molecule has 3 heteroatoms. The van der Waals surface area contributed by atoms with Gasteiger partial charge >= 0.3 is 0 Å². The summed E-state index contributed by atoms with van der Waals surface area (Å²) in [6, 6.07) is 8.41. The molecule has 17 heavy (non-hydrogen) atoms. The van der Waals surface area contributed by atoms with Gasteiger partial charge in [0.05, 0.1) is 0 Å². The lowest BCUT2D eigenvalue weighted by Gasteiger charge is -2.12. The number of halogens is 1. The quantitative estimate of drug-likeness (QED) is 0.894. The van der Waals surface area contributed by atoms with Crippen molar-refractivity contribution in [1.82, 2.24) is 0 Å². The largest absolute Gasteiger partial charge is 0.327 e. The minimum atomic E-state index is 0.129. The third kappa shape index (κ3) is 3.56. The summed E-state index contributed by atoms with van der Waals surface area (Å²) in [6.07, 6.45) is 1.74. The van der Waals surface area contributed by atoms with Crippen LogP contribution in [-0.2, 0) is 12.8 Å². The van der Waals surface area contributed by atoms with Gasteiger partial charge in [0.2, 0.25) is 0 Å². The molecule has 0 bridgehead atoms. The zero-order chi connectivity index (χ0) is 12.3. The van der Waals surface area contributed by atoms with Crippen LogP contribution in [0.15, 0.2) is 35.0 Å². The normalized spacial score (nSPS) is 12.6. The Morgan fingerprint density at radius 2 is 2.12 bits per heavy atom. The highest BCUT2D eigenvalue weighted by Gasteiger charge is 2.08. The van der Waals surface area contributed by atoms with E-state index in [-0.39, 0.29) is 6.04 Å². The maximum absolute atomic E-state index is 6.20. The van der Waals surface area contributed by atoms with Gasteiger partial charge in [0.25, 0.3) is 0 Å². The Kier molecular flexibility index (Phi) is 4.21.